The van der Waals surface area contributed by atoms with Gasteiger partial charge in [-0.15, -0.1) is 11.3 Å². The van der Waals surface area contributed by atoms with Crippen LogP contribution < -0.4 is 5.32 Å². The van der Waals surface area contributed by atoms with E-state index in [2.05, 4.69) is 27.7 Å². The number of amides is 1. The van der Waals surface area contributed by atoms with Gasteiger partial charge in [0.2, 0.25) is 5.91 Å². The maximum atomic E-state index is 12.4. The highest BCUT2D eigenvalue weighted by molar-refractivity contribution is 7.10. The van der Waals surface area contributed by atoms with E-state index in [1.54, 1.807) is 35.6 Å². The number of hydrogen-bond donors (Lipinski definition) is 1. The molecule has 1 amide bonds. The zero-order valence-corrected chi connectivity index (χ0v) is 15.9. The Balaban J connectivity index is 1.55. The van der Waals surface area contributed by atoms with Crippen molar-refractivity contribution in [3.63, 3.8) is 0 Å². The lowest BCUT2D eigenvalue weighted by molar-refractivity contribution is -0.117. The third-order valence-electron chi connectivity index (χ3n) is 4.33. The van der Waals surface area contributed by atoms with Gasteiger partial charge in [-0.3, -0.25) is 9.69 Å². The van der Waals surface area contributed by atoms with Crippen molar-refractivity contribution in [1.29, 1.82) is 0 Å². The summed E-state index contributed by atoms with van der Waals surface area (Å²) < 4.78 is 5.16. The first-order valence-electron chi connectivity index (χ1n) is 8.91. The van der Waals surface area contributed by atoms with E-state index < -0.39 is 0 Å². The first-order chi connectivity index (χ1) is 12.5. The van der Waals surface area contributed by atoms with E-state index in [1.807, 2.05) is 13.8 Å². The van der Waals surface area contributed by atoms with Crippen LogP contribution in [0.4, 0.5) is 5.69 Å². The van der Waals surface area contributed by atoms with Crippen molar-refractivity contribution >= 4 is 28.9 Å². The van der Waals surface area contributed by atoms with Crippen LogP contribution in [0.2, 0.25) is 0 Å². The van der Waals surface area contributed by atoms with Crippen molar-refractivity contribution in [2.24, 2.45) is 0 Å². The Morgan fingerprint density at radius 1 is 1.27 bits per heavy atom. The third kappa shape index (κ3) is 4.71. The second kappa shape index (κ2) is 8.47. The molecular formula is C20H24N2O3S. The Morgan fingerprint density at radius 2 is 2.04 bits per heavy atom. The fourth-order valence-corrected chi connectivity index (χ4v) is 4.07. The number of esters is 1. The van der Waals surface area contributed by atoms with Gasteiger partial charge in [0.05, 0.1) is 18.2 Å². The molecule has 1 fully saturated rings. The monoisotopic (exact) mass is 372 g/mol. The molecule has 0 bridgehead atoms. The summed E-state index contributed by atoms with van der Waals surface area (Å²) in [4.78, 5) is 27.8. The zero-order chi connectivity index (χ0) is 18.5. The molecule has 0 radical (unpaired) electrons. The van der Waals surface area contributed by atoms with Crippen molar-refractivity contribution in [3.05, 3.63) is 52.2 Å². The smallest absolute Gasteiger partial charge is 0.338 e. The Hall–Kier alpha value is -2.18. The van der Waals surface area contributed by atoms with Crippen molar-refractivity contribution in [1.82, 2.24) is 4.90 Å². The number of benzene rings is 1. The van der Waals surface area contributed by atoms with Crippen molar-refractivity contribution < 1.29 is 14.3 Å². The average molecular weight is 372 g/mol. The van der Waals surface area contributed by atoms with Gasteiger partial charge < -0.3 is 10.1 Å². The largest absolute Gasteiger partial charge is 0.459 e. The molecule has 26 heavy (non-hydrogen) atoms. The van der Waals surface area contributed by atoms with Gasteiger partial charge in [0, 0.05) is 16.6 Å². The number of nitrogens with one attached hydrogen (secondary N) is 1. The summed E-state index contributed by atoms with van der Waals surface area (Å²) in [7, 11) is 0. The summed E-state index contributed by atoms with van der Waals surface area (Å²) >= 11 is 1.75. The van der Waals surface area contributed by atoms with Gasteiger partial charge in [0.1, 0.15) is 0 Å². The number of carbonyl (C=O) groups excluding carboxylic acids is 2. The molecule has 1 aromatic carbocycles. The van der Waals surface area contributed by atoms with E-state index in [-0.39, 0.29) is 18.0 Å². The molecule has 6 heteroatoms. The summed E-state index contributed by atoms with van der Waals surface area (Å²) in [6.07, 6.45) is 2.06. The molecule has 1 aliphatic rings. The number of nitrogens with zero attached hydrogens (tertiary/aromatic N) is 1. The molecule has 1 N–H and O–H groups in total. The molecule has 1 aliphatic heterocycles. The predicted molar refractivity (Wildman–Crippen MR) is 103 cm³/mol. The third-order valence-corrected chi connectivity index (χ3v) is 5.30. The molecule has 138 valence electrons. The van der Waals surface area contributed by atoms with E-state index in [4.69, 9.17) is 4.74 Å². The van der Waals surface area contributed by atoms with Crippen LogP contribution in [0.25, 0.3) is 0 Å². The molecule has 0 aliphatic carbocycles. The fraction of sp³-hybridized carbons (Fsp3) is 0.400. The van der Waals surface area contributed by atoms with Gasteiger partial charge in [-0.05, 0) is 68.9 Å². The molecule has 0 unspecified atom stereocenters. The first-order valence-corrected chi connectivity index (χ1v) is 9.79. The molecule has 1 aromatic heterocycles. The van der Waals surface area contributed by atoms with Gasteiger partial charge in [-0.1, -0.05) is 6.07 Å². The molecule has 2 heterocycles. The van der Waals surface area contributed by atoms with Crippen LogP contribution in [0.5, 0.6) is 0 Å². The molecule has 2 aromatic rings. The van der Waals surface area contributed by atoms with E-state index in [9.17, 15) is 9.59 Å². The second-order valence-corrected chi connectivity index (χ2v) is 7.70. The fourth-order valence-electron chi connectivity index (χ4n) is 3.18. The summed E-state index contributed by atoms with van der Waals surface area (Å²) in [5, 5.41) is 4.99. The number of anilines is 1. The van der Waals surface area contributed by atoms with E-state index >= 15 is 0 Å². The van der Waals surface area contributed by atoms with Crippen LogP contribution >= 0.6 is 11.3 Å². The van der Waals surface area contributed by atoms with Crippen LogP contribution in [0, 0.1) is 0 Å². The standard InChI is InChI=1S/C20H24N2O3S/c1-14(2)25-20(24)15-7-9-16(10-8-15)21-19(23)13-22-11-3-5-17(22)18-6-4-12-26-18/h4,6-10,12,14,17H,3,5,11,13H2,1-2H3,(H,21,23)/t17-/m0/s1. The quantitative estimate of drug-likeness (QED) is 0.776. The van der Waals surface area contributed by atoms with Crippen LogP contribution in [0.1, 0.15) is 48.0 Å². The number of likely N-dealkylation sites (tertiary alicyclic amines) is 1. The highest BCUT2D eigenvalue weighted by atomic mass is 32.1. The highest BCUT2D eigenvalue weighted by Gasteiger charge is 2.28. The van der Waals surface area contributed by atoms with Gasteiger partial charge >= 0.3 is 5.97 Å². The Morgan fingerprint density at radius 3 is 2.69 bits per heavy atom. The number of rotatable bonds is 6. The minimum absolute atomic E-state index is 0.0361. The molecule has 0 saturated carbocycles. The molecule has 5 nitrogen and oxygen atoms in total. The Kier molecular flexibility index (Phi) is 6.06. The molecule has 1 atom stereocenters. The minimum atomic E-state index is -0.353. The van der Waals surface area contributed by atoms with Crippen LogP contribution in [-0.2, 0) is 9.53 Å². The van der Waals surface area contributed by atoms with E-state index in [0.29, 0.717) is 23.8 Å². The summed E-state index contributed by atoms with van der Waals surface area (Å²) in [5.41, 5.74) is 1.16. The Bertz CT molecular complexity index is 741. The van der Waals surface area contributed by atoms with Crippen LogP contribution in [0.15, 0.2) is 41.8 Å². The second-order valence-electron chi connectivity index (χ2n) is 6.72. The first kappa shape index (κ1) is 18.6. The van der Waals surface area contributed by atoms with Gasteiger partial charge in [-0.25, -0.2) is 4.79 Å². The number of carbonyl (C=O) groups is 2. The summed E-state index contributed by atoms with van der Waals surface area (Å²) in [6.45, 7) is 4.94. The predicted octanol–water partition coefficient (Wildman–Crippen LogP) is 4.09. The Labute approximate surface area is 158 Å². The van der Waals surface area contributed by atoms with Crippen LogP contribution in [0.3, 0.4) is 0 Å². The molecule has 1 saturated heterocycles. The lowest BCUT2D eigenvalue weighted by Crippen LogP contribution is -2.32. The van der Waals surface area contributed by atoms with Crippen molar-refractivity contribution in [2.75, 3.05) is 18.4 Å². The number of ether oxygens (including phenoxy) is 1. The van der Waals surface area contributed by atoms with E-state index in [0.717, 1.165) is 19.4 Å². The van der Waals surface area contributed by atoms with Crippen molar-refractivity contribution in [2.45, 2.75) is 38.8 Å². The van der Waals surface area contributed by atoms with Crippen LogP contribution in [-0.4, -0.2) is 36.0 Å². The lowest BCUT2D eigenvalue weighted by atomic mass is 10.2. The normalized spacial score (nSPS) is 17.4. The maximum absolute atomic E-state index is 12.4. The molecule has 0 spiro atoms. The minimum Gasteiger partial charge on any atom is -0.459 e. The topological polar surface area (TPSA) is 58.6 Å². The van der Waals surface area contributed by atoms with E-state index in [1.165, 1.54) is 4.88 Å². The maximum Gasteiger partial charge on any atom is 0.338 e. The summed E-state index contributed by atoms with van der Waals surface area (Å²) in [5.74, 6) is -0.389. The summed E-state index contributed by atoms with van der Waals surface area (Å²) in [6, 6.07) is 11.3. The number of hydrogen-bond acceptors (Lipinski definition) is 5. The zero-order valence-electron chi connectivity index (χ0n) is 15.1. The SMILES string of the molecule is CC(C)OC(=O)c1ccc(NC(=O)CN2CCC[C@H]2c2cccs2)cc1. The number of thiophene rings is 1. The highest BCUT2D eigenvalue weighted by Crippen LogP contribution is 2.34. The van der Waals surface area contributed by atoms with Gasteiger partial charge in [-0.2, -0.15) is 0 Å². The van der Waals surface area contributed by atoms with Crippen molar-refractivity contribution in [3.8, 4) is 0 Å². The average Bonchev–Trinajstić information content (AvgIpc) is 3.25. The van der Waals surface area contributed by atoms with Gasteiger partial charge in [0.25, 0.3) is 0 Å². The molecule has 3 rings (SSSR count). The lowest BCUT2D eigenvalue weighted by Gasteiger charge is -2.22. The van der Waals surface area contributed by atoms with Gasteiger partial charge in [0.15, 0.2) is 0 Å². The molecular weight excluding hydrogens is 348 g/mol.